The molecule has 174 valence electrons. The summed E-state index contributed by atoms with van der Waals surface area (Å²) >= 11 is 0. The normalized spacial score (nSPS) is 21.1. The van der Waals surface area contributed by atoms with Crippen molar-refractivity contribution in [2.24, 2.45) is 5.92 Å². The Balaban J connectivity index is 1.51. The largest absolute Gasteiger partial charge is 0.478 e. The highest BCUT2D eigenvalue weighted by Gasteiger charge is 2.34. The number of para-hydroxylation sites is 1. The summed E-state index contributed by atoms with van der Waals surface area (Å²) in [6.45, 7) is 3.34. The fourth-order valence-electron chi connectivity index (χ4n) is 4.81. The van der Waals surface area contributed by atoms with Crippen molar-refractivity contribution in [1.29, 1.82) is 5.26 Å². The number of carboxylic acids is 1. The molecule has 0 unspecified atom stereocenters. The molecule has 1 atom stereocenters. The van der Waals surface area contributed by atoms with E-state index in [9.17, 15) is 19.6 Å². The van der Waals surface area contributed by atoms with Crippen LogP contribution in [-0.4, -0.2) is 35.3 Å². The molecule has 2 aromatic carbocycles. The van der Waals surface area contributed by atoms with Gasteiger partial charge in [0.05, 0.1) is 17.2 Å². The number of hydrogen-bond acceptors (Lipinski definition) is 6. The molecule has 1 aliphatic carbocycles. The van der Waals surface area contributed by atoms with Gasteiger partial charge >= 0.3 is 5.97 Å². The lowest BCUT2D eigenvalue weighted by Gasteiger charge is -2.32. The smallest absolute Gasteiger partial charge is 0.337 e. The fraction of sp³-hybridized carbons (Fsp3) is 0.346. The number of rotatable bonds is 6. The maximum Gasteiger partial charge on any atom is 0.337 e. The van der Waals surface area contributed by atoms with Gasteiger partial charge in [-0.1, -0.05) is 12.1 Å². The Morgan fingerprint density at radius 1 is 1.24 bits per heavy atom. The van der Waals surface area contributed by atoms with Crippen LogP contribution in [0.3, 0.4) is 0 Å². The molecule has 2 aliphatic rings. The molecule has 1 aliphatic heterocycles. The molecule has 0 spiro atoms. The zero-order chi connectivity index (χ0) is 23.8. The number of nitrogens with one attached hydrogen (secondary N) is 3. The van der Waals surface area contributed by atoms with Crippen LogP contribution in [-0.2, 0) is 0 Å². The SMILES string of the molecule is C[C@@H](Nc1ccccc1C(=O)O)c1cc(F)cc2nc(C#N)c(C3CNC(C4CC4)NC3)cc12. The predicted molar refractivity (Wildman–Crippen MR) is 127 cm³/mol. The molecule has 0 amide bonds. The van der Waals surface area contributed by atoms with E-state index in [0.717, 1.165) is 24.0 Å². The first kappa shape index (κ1) is 22.3. The first-order valence-corrected chi connectivity index (χ1v) is 11.5. The first-order valence-electron chi connectivity index (χ1n) is 11.5. The zero-order valence-corrected chi connectivity index (χ0v) is 18.8. The van der Waals surface area contributed by atoms with E-state index in [-0.39, 0.29) is 11.5 Å². The second kappa shape index (κ2) is 9.01. The summed E-state index contributed by atoms with van der Waals surface area (Å²) in [6, 6.07) is 13.1. The van der Waals surface area contributed by atoms with Crippen molar-refractivity contribution in [2.45, 2.75) is 37.9 Å². The quantitative estimate of drug-likeness (QED) is 0.439. The second-order valence-electron chi connectivity index (χ2n) is 9.14. The number of carbonyl (C=O) groups is 1. The lowest BCUT2D eigenvalue weighted by Crippen LogP contribution is -2.53. The molecular weight excluding hydrogens is 433 g/mol. The number of nitriles is 1. The van der Waals surface area contributed by atoms with Gasteiger partial charge in [-0.25, -0.2) is 14.2 Å². The number of halogens is 1. The first-order chi connectivity index (χ1) is 16.4. The van der Waals surface area contributed by atoms with Gasteiger partial charge < -0.3 is 21.1 Å². The standard InChI is InChI=1S/C26H26FN5O2/c1-14(31-22-5-3-2-4-18(22)26(33)34)19-8-17(27)9-23-21(19)10-20(24(11-28)32-23)16-12-29-25(30-13-16)15-6-7-15/h2-5,8-10,14-16,25,29-31H,6-7,12-13H2,1H3,(H,33,34)/t14-,16?,25?/m1/s1. The third-order valence-electron chi connectivity index (χ3n) is 6.76. The topological polar surface area (TPSA) is 110 Å². The van der Waals surface area contributed by atoms with Crippen molar-refractivity contribution >= 4 is 22.6 Å². The number of hydrogen-bond donors (Lipinski definition) is 4. The maximum atomic E-state index is 14.6. The van der Waals surface area contributed by atoms with Gasteiger partial charge in [0.2, 0.25) is 0 Å². The van der Waals surface area contributed by atoms with E-state index in [4.69, 9.17) is 0 Å². The zero-order valence-electron chi connectivity index (χ0n) is 18.8. The fourth-order valence-corrected chi connectivity index (χ4v) is 4.81. The highest BCUT2D eigenvalue weighted by molar-refractivity contribution is 5.94. The number of benzene rings is 2. The average Bonchev–Trinajstić information content (AvgIpc) is 3.68. The van der Waals surface area contributed by atoms with Crippen molar-refractivity contribution in [1.82, 2.24) is 15.6 Å². The minimum absolute atomic E-state index is 0.0652. The second-order valence-corrected chi connectivity index (χ2v) is 9.14. The number of carboxylic acid groups (broad SMARTS) is 1. The van der Waals surface area contributed by atoms with Gasteiger partial charge in [-0.2, -0.15) is 5.26 Å². The third-order valence-corrected chi connectivity index (χ3v) is 6.76. The molecule has 1 aromatic heterocycles. The van der Waals surface area contributed by atoms with Crippen LogP contribution in [0.4, 0.5) is 10.1 Å². The number of aromatic nitrogens is 1. The molecule has 0 radical (unpaired) electrons. The molecule has 1 saturated carbocycles. The molecule has 2 fully saturated rings. The van der Waals surface area contributed by atoms with Crippen LogP contribution in [0, 0.1) is 23.1 Å². The van der Waals surface area contributed by atoms with Gasteiger partial charge in [-0.15, -0.1) is 0 Å². The molecular formula is C26H26FN5O2. The van der Waals surface area contributed by atoms with E-state index in [0.29, 0.717) is 34.5 Å². The highest BCUT2D eigenvalue weighted by atomic mass is 19.1. The minimum atomic E-state index is -1.04. The summed E-state index contributed by atoms with van der Waals surface area (Å²) in [4.78, 5) is 16.1. The van der Waals surface area contributed by atoms with Gasteiger partial charge in [0.25, 0.3) is 0 Å². The Kier molecular flexibility index (Phi) is 5.90. The van der Waals surface area contributed by atoms with E-state index in [1.807, 2.05) is 13.0 Å². The molecule has 5 rings (SSSR count). The number of nitrogens with zero attached hydrogens (tertiary/aromatic N) is 2. The molecule has 7 nitrogen and oxygen atoms in total. The molecule has 2 heterocycles. The van der Waals surface area contributed by atoms with Gasteiger partial charge in [0.15, 0.2) is 0 Å². The van der Waals surface area contributed by atoms with E-state index in [1.54, 1.807) is 18.2 Å². The maximum absolute atomic E-state index is 14.6. The van der Waals surface area contributed by atoms with Crippen LogP contribution in [0.1, 0.15) is 58.9 Å². The molecule has 3 aromatic rings. The van der Waals surface area contributed by atoms with Gasteiger partial charge in [-0.3, -0.25) is 0 Å². The average molecular weight is 460 g/mol. The summed E-state index contributed by atoms with van der Waals surface area (Å²) < 4.78 is 14.6. The third kappa shape index (κ3) is 4.32. The van der Waals surface area contributed by atoms with Gasteiger partial charge in [0.1, 0.15) is 17.6 Å². The minimum Gasteiger partial charge on any atom is -0.478 e. The molecule has 34 heavy (non-hydrogen) atoms. The van der Waals surface area contributed by atoms with E-state index in [2.05, 4.69) is 27.0 Å². The summed E-state index contributed by atoms with van der Waals surface area (Å²) in [5.74, 6) is -0.749. The molecule has 8 heteroatoms. The predicted octanol–water partition coefficient (Wildman–Crippen LogP) is 4.13. The number of fused-ring (bicyclic) bond motifs is 1. The van der Waals surface area contributed by atoms with Gasteiger partial charge in [0, 0.05) is 42.2 Å². The Morgan fingerprint density at radius 3 is 2.65 bits per heavy atom. The lowest BCUT2D eigenvalue weighted by molar-refractivity contribution is 0.0698. The van der Waals surface area contributed by atoms with Crippen molar-refractivity contribution in [3.8, 4) is 6.07 Å². The summed E-state index contributed by atoms with van der Waals surface area (Å²) in [5.41, 5.74) is 2.79. The Morgan fingerprint density at radius 2 is 1.97 bits per heavy atom. The van der Waals surface area contributed by atoms with Crippen LogP contribution in [0.15, 0.2) is 42.5 Å². The number of pyridine rings is 1. The molecule has 4 N–H and O–H groups in total. The van der Waals surface area contributed by atoms with Crippen LogP contribution in [0.5, 0.6) is 0 Å². The summed E-state index contributed by atoms with van der Waals surface area (Å²) in [5, 5.41) is 30.3. The van der Waals surface area contributed by atoms with Crippen LogP contribution >= 0.6 is 0 Å². The number of aromatic carboxylic acids is 1. The van der Waals surface area contributed by atoms with E-state index < -0.39 is 17.8 Å². The Bertz CT molecular complexity index is 1290. The van der Waals surface area contributed by atoms with E-state index in [1.165, 1.54) is 31.0 Å². The van der Waals surface area contributed by atoms with Crippen molar-refractivity contribution in [3.63, 3.8) is 0 Å². The van der Waals surface area contributed by atoms with E-state index >= 15 is 0 Å². The van der Waals surface area contributed by atoms with Crippen molar-refractivity contribution in [3.05, 3.63) is 70.7 Å². The van der Waals surface area contributed by atoms with Crippen LogP contribution in [0.2, 0.25) is 0 Å². The lowest BCUT2D eigenvalue weighted by atomic mass is 9.91. The summed E-state index contributed by atoms with van der Waals surface area (Å²) in [7, 11) is 0. The molecule has 1 saturated heterocycles. The highest BCUT2D eigenvalue weighted by Crippen LogP contribution is 2.35. The number of anilines is 1. The van der Waals surface area contributed by atoms with Gasteiger partial charge in [-0.05, 0) is 61.1 Å². The van der Waals surface area contributed by atoms with Crippen molar-refractivity contribution in [2.75, 3.05) is 18.4 Å². The van der Waals surface area contributed by atoms with Crippen molar-refractivity contribution < 1.29 is 14.3 Å². The van der Waals surface area contributed by atoms with Crippen LogP contribution < -0.4 is 16.0 Å². The van der Waals surface area contributed by atoms with Crippen LogP contribution in [0.25, 0.3) is 10.9 Å². The molecule has 0 bridgehead atoms. The Labute approximate surface area is 197 Å². The Hall–Kier alpha value is -3.54. The monoisotopic (exact) mass is 459 g/mol. The summed E-state index contributed by atoms with van der Waals surface area (Å²) in [6.07, 6.45) is 2.79.